The van der Waals surface area contributed by atoms with Crippen molar-refractivity contribution in [2.75, 3.05) is 20.8 Å². The lowest BCUT2D eigenvalue weighted by atomic mass is 9.85. The molecule has 0 aliphatic carbocycles. The van der Waals surface area contributed by atoms with Gasteiger partial charge in [-0.25, -0.2) is 0 Å². The average Bonchev–Trinajstić information content (AvgIpc) is 2.34. The van der Waals surface area contributed by atoms with Crippen molar-refractivity contribution in [2.45, 2.75) is 32.3 Å². The number of nitrogens with two attached hydrogens (primary N) is 1. The normalized spacial score (nSPS) is 13.3. The molecule has 1 atom stereocenters. The number of ether oxygens (including phenoxy) is 2. The summed E-state index contributed by atoms with van der Waals surface area (Å²) in [5.41, 5.74) is 7.24. The number of benzene rings is 1. The molecule has 102 valence electrons. The summed E-state index contributed by atoms with van der Waals surface area (Å²) in [4.78, 5) is 0. The standard InChI is InChI=1S/C14H23NO3/c1-14(2,3)9-6-10(11(16)8-15)13(18-5)12(7-9)17-4/h6-7,11,16H,8,15H2,1-5H3. The molecule has 1 unspecified atom stereocenters. The Balaban J connectivity index is 3.45. The zero-order chi connectivity index (χ0) is 13.9. The lowest BCUT2D eigenvalue weighted by molar-refractivity contribution is 0.180. The third kappa shape index (κ3) is 2.94. The van der Waals surface area contributed by atoms with E-state index < -0.39 is 6.10 Å². The van der Waals surface area contributed by atoms with E-state index in [1.807, 2.05) is 12.1 Å². The summed E-state index contributed by atoms with van der Waals surface area (Å²) in [5.74, 6) is 1.16. The lowest BCUT2D eigenvalue weighted by Crippen LogP contribution is -2.16. The van der Waals surface area contributed by atoms with Gasteiger partial charge in [0.25, 0.3) is 0 Å². The molecule has 1 rings (SSSR count). The Hall–Kier alpha value is -1.26. The van der Waals surface area contributed by atoms with Gasteiger partial charge in [-0.1, -0.05) is 20.8 Å². The summed E-state index contributed by atoms with van der Waals surface area (Å²) in [6, 6.07) is 3.87. The third-order valence-electron chi connectivity index (χ3n) is 2.96. The van der Waals surface area contributed by atoms with Crippen molar-refractivity contribution < 1.29 is 14.6 Å². The van der Waals surface area contributed by atoms with Crippen molar-refractivity contribution in [3.8, 4) is 11.5 Å². The number of hydrogen-bond donors (Lipinski definition) is 2. The zero-order valence-corrected chi connectivity index (χ0v) is 11.8. The number of rotatable bonds is 4. The highest BCUT2D eigenvalue weighted by atomic mass is 16.5. The SMILES string of the molecule is COc1cc(C(C)(C)C)cc(C(O)CN)c1OC. The van der Waals surface area contributed by atoms with Crippen molar-refractivity contribution in [2.24, 2.45) is 5.73 Å². The molecule has 0 radical (unpaired) electrons. The molecule has 0 spiro atoms. The van der Waals surface area contributed by atoms with E-state index in [1.165, 1.54) is 0 Å². The predicted molar refractivity (Wildman–Crippen MR) is 72.3 cm³/mol. The monoisotopic (exact) mass is 253 g/mol. The van der Waals surface area contributed by atoms with Crippen LogP contribution >= 0.6 is 0 Å². The van der Waals surface area contributed by atoms with Crippen LogP contribution in [0.4, 0.5) is 0 Å². The van der Waals surface area contributed by atoms with Gasteiger partial charge in [0.15, 0.2) is 11.5 Å². The fourth-order valence-corrected chi connectivity index (χ4v) is 1.80. The molecule has 0 bridgehead atoms. The molecular formula is C14H23NO3. The molecule has 18 heavy (non-hydrogen) atoms. The van der Waals surface area contributed by atoms with Gasteiger partial charge in [0.2, 0.25) is 0 Å². The molecule has 0 amide bonds. The highest BCUT2D eigenvalue weighted by molar-refractivity contribution is 5.52. The fraction of sp³-hybridized carbons (Fsp3) is 0.571. The van der Waals surface area contributed by atoms with Gasteiger partial charge in [-0.15, -0.1) is 0 Å². The predicted octanol–water partition coefficient (Wildman–Crippen LogP) is 1.99. The summed E-state index contributed by atoms with van der Waals surface area (Å²) in [7, 11) is 3.14. The minimum atomic E-state index is -0.754. The Kier molecular flexibility index (Phi) is 4.59. The summed E-state index contributed by atoms with van der Waals surface area (Å²) in [5, 5.41) is 9.99. The minimum Gasteiger partial charge on any atom is -0.493 e. The van der Waals surface area contributed by atoms with Crippen molar-refractivity contribution in [3.05, 3.63) is 23.3 Å². The van der Waals surface area contributed by atoms with E-state index in [0.717, 1.165) is 5.56 Å². The number of hydrogen-bond acceptors (Lipinski definition) is 4. The van der Waals surface area contributed by atoms with Crippen LogP contribution in [0.5, 0.6) is 11.5 Å². The molecule has 4 heteroatoms. The third-order valence-corrected chi connectivity index (χ3v) is 2.96. The number of aliphatic hydroxyl groups excluding tert-OH is 1. The molecule has 0 saturated carbocycles. The van der Waals surface area contributed by atoms with Gasteiger partial charge in [0.05, 0.1) is 20.3 Å². The van der Waals surface area contributed by atoms with Crippen LogP contribution < -0.4 is 15.2 Å². The molecule has 0 saturated heterocycles. The van der Waals surface area contributed by atoms with E-state index in [-0.39, 0.29) is 12.0 Å². The topological polar surface area (TPSA) is 64.7 Å². The second-order valence-electron chi connectivity index (χ2n) is 5.30. The smallest absolute Gasteiger partial charge is 0.166 e. The van der Waals surface area contributed by atoms with Crippen LogP contribution in [-0.2, 0) is 5.41 Å². The van der Waals surface area contributed by atoms with E-state index in [2.05, 4.69) is 20.8 Å². The maximum absolute atomic E-state index is 9.99. The van der Waals surface area contributed by atoms with Crippen LogP contribution in [0.2, 0.25) is 0 Å². The highest BCUT2D eigenvalue weighted by Crippen LogP contribution is 2.39. The number of aliphatic hydroxyl groups is 1. The molecule has 0 aromatic heterocycles. The van der Waals surface area contributed by atoms with E-state index in [0.29, 0.717) is 17.1 Å². The molecule has 0 fully saturated rings. The highest BCUT2D eigenvalue weighted by Gasteiger charge is 2.22. The fourth-order valence-electron chi connectivity index (χ4n) is 1.80. The minimum absolute atomic E-state index is 0.0391. The van der Waals surface area contributed by atoms with Gasteiger partial charge in [-0.05, 0) is 23.1 Å². The maximum atomic E-state index is 9.99. The summed E-state index contributed by atoms with van der Waals surface area (Å²) < 4.78 is 10.6. The molecule has 0 heterocycles. The first-order valence-corrected chi connectivity index (χ1v) is 5.99. The lowest BCUT2D eigenvalue weighted by Gasteiger charge is -2.24. The molecule has 3 N–H and O–H groups in total. The summed E-state index contributed by atoms with van der Waals surface area (Å²) in [6.45, 7) is 6.46. The van der Waals surface area contributed by atoms with E-state index in [4.69, 9.17) is 15.2 Å². The summed E-state index contributed by atoms with van der Waals surface area (Å²) in [6.07, 6.45) is -0.754. The van der Waals surface area contributed by atoms with Gasteiger partial charge in [0.1, 0.15) is 0 Å². The van der Waals surface area contributed by atoms with E-state index in [9.17, 15) is 5.11 Å². The zero-order valence-electron chi connectivity index (χ0n) is 11.8. The largest absolute Gasteiger partial charge is 0.493 e. The Morgan fingerprint density at radius 1 is 1.22 bits per heavy atom. The average molecular weight is 253 g/mol. The number of methoxy groups -OCH3 is 2. The quantitative estimate of drug-likeness (QED) is 0.861. The Morgan fingerprint density at radius 2 is 1.83 bits per heavy atom. The Labute approximate surface area is 109 Å². The van der Waals surface area contributed by atoms with E-state index >= 15 is 0 Å². The van der Waals surface area contributed by atoms with Crippen LogP contribution in [0.3, 0.4) is 0 Å². The second-order valence-corrected chi connectivity index (χ2v) is 5.30. The molecule has 1 aromatic carbocycles. The molecule has 4 nitrogen and oxygen atoms in total. The molecular weight excluding hydrogens is 230 g/mol. The maximum Gasteiger partial charge on any atom is 0.166 e. The first-order chi connectivity index (χ1) is 8.35. The first kappa shape index (κ1) is 14.8. The second kappa shape index (κ2) is 5.59. The van der Waals surface area contributed by atoms with Crippen LogP contribution in [0.1, 0.15) is 38.0 Å². The van der Waals surface area contributed by atoms with Crippen molar-refractivity contribution in [3.63, 3.8) is 0 Å². The Bertz CT molecular complexity index is 410. The van der Waals surface area contributed by atoms with Crippen molar-refractivity contribution >= 4 is 0 Å². The molecule has 1 aromatic rings. The van der Waals surface area contributed by atoms with Crippen LogP contribution in [0, 0.1) is 0 Å². The van der Waals surface area contributed by atoms with Crippen molar-refractivity contribution in [1.29, 1.82) is 0 Å². The van der Waals surface area contributed by atoms with Gasteiger partial charge in [-0.3, -0.25) is 0 Å². The van der Waals surface area contributed by atoms with Crippen LogP contribution in [-0.4, -0.2) is 25.9 Å². The van der Waals surface area contributed by atoms with Crippen molar-refractivity contribution in [1.82, 2.24) is 0 Å². The van der Waals surface area contributed by atoms with Crippen LogP contribution in [0.15, 0.2) is 12.1 Å². The van der Waals surface area contributed by atoms with E-state index in [1.54, 1.807) is 14.2 Å². The summed E-state index contributed by atoms with van der Waals surface area (Å²) >= 11 is 0. The first-order valence-electron chi connectivity index (χ1n) is 5.99. The molecule has 0 aliphatic rings. The van der Waals surface area contributed by atoms with Crippen LogP contribution in [0.25, 0.3) is 0 Å². The van der Waals surface area contributed by atoms with Gasteiger partial charge < -0.3 is 20.3 Å². The van der Waals surface area contributed by atoms with Gasteiger partial charge >= 0.3 is 0 Å². The molecule has 0 aliphatic heterocycles. The van der Waals surface area contributed by atoms with Gasteiger partial charge in [0, 0.05) is 12.1 Å². The Morgan fingerprint density at radius 3 is 2.22 bits per heavy atom. The van der Waals surface area contributed by atoms with Gasteiger partial charge in [-0.2, -0.15) is 0 Å².